The number of nitrogens with one attached hydrogen (secondary N) is 1. The molecule has 4 rings (SSSR count). The molecule has 2 unspecified atom stereocenters. The Kier molecular flexibility index (Phi) is 4.75. The number of hydrogen-bond acceptors (Lipinski definition) is 5. The van der Waals surface area contributed by atoms with Crippen molar-refractivity contribution in [3.05, 3.63) is 57.1 Å². The first-order valence-corrected chi connectivity index (χ1v) is 9.66. The Morgan fingerprint density at radius 3 is 2.77 bits per heavy atom. The Labute approximate surface area is 176 Å². The summed E-state index contributed by atoms with van der Waals surface area (Å²) in [6, 6.07) is 4.16. The summed E-state index contributed by atoms with van der Waals surface area (Å²) in [5.41, 5.74) is 6.32. The second kappa shape index (κ2) is 7.07. The number of rotatable bonds is 2. The highest BCUT2D eigenvalue weighted by Gasteiger charge is 2.60. The molecule has 9 heteroatoms. The topological polar surface area (TPSA) is 108 Å². The predicted octanol–water partition coefficient (Wildman–Crippen LogP) is 3.35. The third-order valence-corrected chi connectivity index (χ3v) is 5.97. The van der Waals surface area contributed by atoms with Gasteiger partial charge in [0.05, 0.1) is 16.5 Å². The minimum Gasteiger partial charge on any atom is -0.420 e. The highest BCUT2D eigenvalue weighted by molar-refractivity contribution is 5.74. The number of unbranched alkanes of at least 4 members (excludes halogenated alkanes) is 1. The zero-order valence-electron chi connectivity index (χ0n) is 16.8. The average Bonchev–Trinajstić information content (AvgIpc) is 3.08. The number of benzene rings is 1. The van der Waals surface area contributed by atoms with Crippen LogP contribution in [-0.4, -0.2) is 21.9 Å². The zero-order valence-corrected chi connectivity index (χ0v) is 16.8. The van der Waals surface area contributed by atoms with Crippen LogP contribution in [-0.2, 0) is 11.6 Å². The van der Waals surface area contributed by atoms with E-state index in [4.69, 9.17) is 15.6 Å². The molecule has 6 nitrogen and oxygen atoms in total. The van der Waals surface area contributed by atoms with Gasteiger partial charge in [0.25, 0.3) is 0 Å². The quantitative estimate of drug-likeness (QED) is 0.502. The van der Waals surface area contributed by atoms with Crippen LogP contribution < -0.4 is 10.5 Å². The van der Waals surface area contributed by atoms with E-state index in [1.165, 1.54) is 0 Å². The van der Waals surface area contributed by atoms with Crippen molar-refractivity contribution in [3.8, 4) is 23.8 Å². The Morgan fingerprint density at radius 2 is 2.13 bits per heavy atom. The van der Waals surface area contributed by atoms with Crippen molar-refractivity contribution in [2.45, 2.75) is 44.2 Å². The molecule has 0 saturated carbocycles. The maximum absolute atomic E-state index is 13.7. The molecular formula is C22H19F3N4O2. The molecule has 1 aliphatic heterocycles. The number of aromatic nitrogens is 2. The third kappa shape index (κ3) is 2.81. The van der Waals surface area contributed by atoms with Gasteiger partial charge in [0.2, 0.25) is 11.8 Å². The number of alkyl halides is 3. The van der Waals surface area contributed by atoms with Gasteiger partial charge in [-0.25, -0.2) is 0 Å². The molecule has 0 radical (unpaired) electrons. The minimum atomic E-state index is -4.60. The number of H-pyrrole nitrogens is 1. The van der Waals surface area contributed by atoms with Gasteiger partial charge in [-0.3, -0.25) is 5.10 Å². The average molecular weight is 428 g/mol. The first-order valence-electron chi connectivity index (χ1n) is 9.66. The molecule has 1 aromatic heterocycles. The second-order valence-electron chi connectivity index (χ2n) is 7.62. The van der Waals surface area contributed by atoms with Crippen molar-refractivity contribution in [3.63, 3.8) is 0 Å². The number of aliphatic hydroxyl groups is 1. The van der Waals surface area contributed by atoms with Crippen LogP contribution in [0.2, 0.25) is 0 Å². The lowest BCUT2D eigenvalue weighted by Gasteiger charge is -2.52. The number of nitrogens with zero attached hydrogens (tertiary/aromatic N) is 2. The fourth-order valence-electron chi connectivity index (χ4n) is 4.68. The van der Waals surface area contributed by atoms with Crippen LogP contribution in [0, 0.1) is 30.1 Å². The number of hydrogen-bond donors (Lipinski definition) is 3. The van der Waals surface area contributed by atoms with Gasteiger partial charge in [-0.2, -0.15) is 18.4 Å². The first-order chi connectivity index (χ1) is 14.7. The first kappa shape index (κ1) is 20.8. The fraction of sp³-hybridized carbons (Fsp3) is 0.364. The molecule has 160 valence electrons. The lowest BCUT2D eigenvalue weighted by molar-refractivity contribution is -0.137. The summed E-state index contributed by atoms with van der Waals surface area (Å²) in [6.45, 7) is 3.51. The number of halogens is 3. The van der Waals surface area contributed by atoms with Gasteiger partial charge in [-0.05, 0) is 36.6 Å². The van der Waals surface area contributed by atoms with Crippen molar-refractivity contribution in [2.75, 3.05) is 6.61 Å². The molecule has 2 heterocycles. The number of allylic oxidation sites excluding steroid dienone is 1. The van der Waals surface area contributed by atoms with Crippen molar-refractivity contribution < 1.29 is 23.0 Å². The molecule has 1 spiro atoms. The van der Waals surface area contributed by atoms with E-state index >= 15 is 0 Å². The van der Waals surface area contributed by atoms with E-state index in [2.05, 4.69) is 28.1 Å². The minimum absolute atomic E-state index is 0.0486. The Balaban J connectivity index is 2.03. The molecule has 0 saturated heterocycles. The molecule has 0 bridgehead atoms. The Morgan fingerprint density at radius 1 is 1.39 bits per heavy atom. The number of nitrogens with two attached hydrogens (primary N) is 1. The number of nitriles is 1. The van der Waals surface area contributed by atoms with Crippen LogP contribution >= 0.6 is 0 Å². The maximum Gasteiger partial charge on any atom is 0.416 e. The van der Waals surface area contributed by atoms with E-state index < -0.39 is 17.2 Å². The standard InChI is InChI=1S/C22H19F3N4O2/c1-11-17-13(6-4-3-5-7-30)8-14(22(23,24)25)9-15(17)21(11)16(10-26)19(27)31-20-18(21)12(2)28-29-20/h8-9,11,30H,3,5,7,27H2,1-2H3,(H,28,29). The molecule has 1 aliphatic carbocycles. The summed E-state index contributed by atoms with van der Waals surface area (Å²) >= 11 is 0. The molecule has 4 N–H and O–H groups in total. The second-order valence-corrected chi connectivity index (χ2v) is 7.62. The molecule has 2 aliphatic rings. The lowest BCUT2D eigenvalue weighted by Crippen LogP contribution is -2.49. The number of aromatic amines is 1. The zero-order chi connectivity index (χ0) is 22.6. The summed E-state index contributed by atoms with van der Waals surface area (Å²) in [5, 5.41) is 25.7. The van der Waals surface area contributed by atoms with Crippen molar-refractivity contribution in [1.29, 1.82) is 5.26 Å². The normalized spacial score (nSPS) is 21.4. The van der Waals surface area contributed by atoms with E-state index in [-0.39, 0.29) is 35.4 Å². The monoisotopic (exact) mass is 428 g/mol. The molecule has 0 fully saturated rings. The Bertz CT molecular complexity index is 1210. The number of aryl methyl sites for hydroxylation is 1. The summed E-state index contributed by atoms with van der Waals surface area (Å²) in [4.78, 5) is 0. The number of ether oxygens (including phenoxy) is 1. The van der Waals surface area contributed by atoms with Crippen LogP contribution in [0.1, 0.15) is 59.2 Å². The lowest BCUT2D eigenvalue weighted by atomic mass is 9.49. The van der Waals surface area contributed by atoms with Crippen LogP contribution in [0.25, 0.3) is 0 Å². The van der Waals surface area contributed by atoms with Crippen LogP contribution in [0.3, 0.4) is 0 Å². The maximum atomic E-state index is 13.7. The molecule has 0 amide bonds. The molecule has 2 aromatic rings. The van der Waals surface area contributed by atoms with Gasteiger partial charge in [0.1, 0.15) is 11.6 Å². The molecular weight excluding hydrogens is 409 g/mol. The largest absolute Gasteiger partial charge is 0.420 e. The molecule has 31 heavy (non-hydrogen) atoms. The van der Waals surface area contributed by atoms with Gasteiger partial charge >= 0.3 is 6.18 Å². The highest BCUT2D eigenvalue weighted by Crippen LogP contribution is 2.64. The van der Waals surface area contributed by atoms with E-state index in [0.717, 1.165) is 12.1 Å². The number of fused-ring (bicyclic) bond motifs is 4. The van der Waals surface area contributed by atoms with Gasteiger partial charge in [0, 0.05) is 30.2 Å². The van der Waals surface area contributed by atoms with E-state index in [9.17, 15) is 18.4 Å². The predicted molar refractivity (Wildman–Crippen MR) is 105 cm³/mol. The smallest absolute Gasteiger partial charge is 0.416 e. The Hall–Kier alpha value is -3.43. The van der Waals surface area contributed by atoms with Crippen LogP contribution in [0.5, 0.6) is 5.88 Å². The van der Waals surface area contributed by atoms with Gasteiger partial charge in [0.15, 0.2) is 0 Å². The summed E-state index contributed by atoms with van der Waals surface area (Å²) in [5.74, 6) is 5.26. The summed E-state index contributed by atoms with van der Waals surface area (Å²) in [6.07, 6.45) is -3.81. The SMILES string of the molecule is Cc1[nH]nc2c1C1(C(C#N)=C(N)O2)c2cc(C(F)(F)F)cc(C#CCCCO)c2C1C. The van der Waals surface area contributed by atoms with Crippen molar-refractivity contribution >= 4 is 0 Å². The third-order valence-electron chi connectivity index (χ3n) is 5.97. The van der Waals surface area contributed by atoms with E-state index in [0.29, 0.717) is 35.2 Å². The molecule has 2 atom stereocenters. The highest BCUT2D eigenvalue weighted by atomic mass is 19.4. The van der Waals surface area contributed by atoms with Crippen LogP contribution in [0.15, 0.2) is 23.6 Å². The number of aliphatic hydroxyl groups excluding tert-OH is 1. The van der Waals surface area contributed by atoms with Gasteiger partial charge in [-0.1, -0.05) is 18.8 Å². The van der Waals surface area contributed by atoms with Crippen LogP contribution in [0.4, 0.5) is 13.2 Å². The van der Waals surface area contributed by atoms with Crippen molar-refractivity contribution in [1.82, 2.24) is 10.2 Å². The van der Waals surface area contributed by atoms with E-state index in [1.807, 2.05) is 6.92 Å². The van der Waals surface area contributed by atoms with Gasteiger partial charge in [-0.15, -0.1) is 5.10 Å². The molecule has 1 aromatic carbocycles. The fourth-order valence-corrected chi connectivity index (χ4v) is 4.68. The summed E-state index contributed by atoms with van der Waals surface area (Å²) < 4.78 is 46.7. The summed E-state index contributed by atoms with van der Waals surface area (Å²) in [7, 11) is 0. The van der Waals surface area contributed by atoms with Crippen molar-refractivity contribution in [2.24, 2.45) is 5.73 Å². The van der Waals surface area contributed by atoms with Gasteiger partial charge < -0.3 is 15.6 Å². The van der Waals surface area contributed by atoms with E-state index in [1.54, 1.807) is 6.92 Å².